The summed E-state index contributed by atoms with van der Waals surface area (Å²) in [6.07, 6.45) is 0.835. The maximum Gasteiger partial charge on any atom is 0.253 e. The molecule has 5 nitrogen and oxygen atoms in total. The maximum atomic E-state index is 12.9. The van der Waals surface area contributed by atoms with Gasteiger partial charge in [-0.15, -0.1) is 10.2 Å². The average molecular weight is 412 g/mol. The highest BCUT2D eigenvalue weighted by Crippen LogP contribution is 2.26. The monoisotopic (exact) mass is 411 g/mol. The molecule has 0 bridgehead atoms. The van der Waals surface area contributed by atoms with Gasteiger partial charge in [-0.25, -0.2) is 0 Å². The molecule has 0 atom stereocenters. The molecule has 1 aromatic heterocycles. The Morgan fingerprint density at radius 1 is 0.871 bits per heavy atom. The Balaban J connectivity index is 1.46. The van der Waals surface area contributed by atoms with Crippen molar-refractivity contribution in [2.45, 2.75) is 20.3 Å². The van der Waals surface area contributed by atoms with Crippen molar-refractivity contribution in [2.75, 3.05) is 13.1 Å². The zero-order chi connectivity index (χ0) is 21.6. The van der Waals surface area contributed by atoms with Gasteiger partial charge in [0.25, 0.3) is 5.91 Å². The van der Waals surface area contributed by atoms with E-state index in [1.54, 1.807) is 0 Å². The van der Waals surface area contributed by atoms with E-state index in [1.165, 1.54) is 5.56 Å². The van der Waals surface area contributed by atoms with E-state index >= 15 is 0 Å². The molecule has 156 valence electrons. The van der Waals surface area contributed by atoms with Crippen LogP contribution in [-0.4, -0.2) is 34.1 Å². The molecule has 0 radical (unpaired) electrons. The Bertz CT molecular complexity index is 1150. The van der Waals surface area contributed by atoms with Gasteiger partial charge in [0.1, 0.15) is 0 Å². The van der Waals surface area contributed by atoms with Gasteiger partial charge in [0.05, 0.1) is 0 Å². The highest BCUT2D eigenvalue weighted by atomic mass is 16.4. The van der Waals surface area contributed by atoms with E-state index < -0.39 is 0 Å². The van der Waals surface area contributed by atoms with Crippen molar-refractivity contribution in [3.8, 4) is 22.9 Å². The SMILES string of the molecule is CCN(CCc1ccccc1)C(=O)c1ccc(-c2nnc(-c3ccccc3C)o2)cc1. The summed E-state index contributed by atoms with van der Waals surface area (Å²) in [5.41, 5.74) is 4.66. The number of carbonyl (C=O) groups excluding carboxylic acids is 1. The predicted octanol–water partition coefficient (Wildman–Crippen LogP) is 5.42. The Morgan fingerprint density at radius 3 is 2.26 bits per heavy atom. The Labute approximate surface area is 182 Å². The number of rotatable bonds is 7. The molecule has 0 aliphatic heterocycles. The van der Waals surface area contributed by atoms with Crippen molar-refractivity contribution in [1.82, 2.24) is 15.1 Å². The second-order valence-corrected chi connectivity index (χ2v) is 7.43. The smallest absolute Gasteiger partial charge is 0.253 e. The van der Waals surface area contributed by atoms with Crippen LogP contribution in [0, 0.1) is 6.92 Å². The molecule has 0 unspecified atom stereocenters. The standard InChI is InChI=1S/C26H25N3O2/c1-3-29(18-17-20-10-5-4-6-11-20)26(30)22-15-13-21(14-16-22)24-27-28-25(31-24)23-12-8-7-9-19(23)2/h4-16H,3,17-18H2,1-2H3. The summed E-state index contributed by atoms with van der Waals surface area (Å²) in [7, 11) is 0. The molecule has 0 aliphatic rings. The lowest BCUT2D eigenvalue weighted by molar-refractivity contribution is 0.0766. The third-order valence-corrected chi connectivity index (χ3v) is 5.36. The zero-order valence-electron chi connectivity index (χ0n) is 17.8. The first kappa shape index (κ1) is 20.5. The normalized spacial score (nSPS) is 10.8. The number of hydrogen-bond acceptors (Lipinski definition) is 4. The van der Waals surface area contributed by atoms with E-state index in [0.717, 1.165) is 23.1 Å². The van der Waals surface area contributed by atoms with Crippen LogP contribution in [0.1, 0.15) is 28.4 Å². The van der Waals surface area contributed by atoms with Gasteiger partial charge >= 0.3 is 0 Å². The van der Waals surface area contributed by atoms with E-state index in [9.17, 15) is 4.79 Å². The number of aryl methyl sites for hydroxylation is 1. The summed E-state index contributed by atoms with van der Waals surface area (Å²) in [6.45, 7) is 5.36. The van der Waals surface area contributed by atoms with Crippen LogP contribution in [0.2, 0.25) is 0 Å². The first-order chi connectivity index (χ1) is 15.2. The van der Waals surface area contributed by atoms with E-state index in [1.807, 2.05) is 85.5 Å². The van der Waals surface area contributed by atoms with Crippen molar-refractivity contribution in [2.24, 2.45) is 0 Å². The van der Waals surface area contributed by atoms with Gasteiger partial charge in [-0.05, 0) is 61.7 Å². The fourth-order valence-electron chi connectivity index (χ4n) is 3.51. The second-order valence-electron chi connectivity index (χ2n) is 7.43. The molecule has 4 aromatic rings. The molecule has 0 saturated heterocycles. The topological polar surface area (TPSA) is 59.2 Å². The highest BCUT2D eigenvalue weighted by Gasteiger charge is 2.16. The van der Waals surface area contributed by atoms with Gasteiger partial charge in [0.15, 0.2) is 0 Å². The number of aromatic nitrogens is 2. The van der Waals surface area contributed by atoms with E-state index in [0.29, 0.717) is 30.4 Å². The minimum absolute atomic E-state index is 0.0242. The van der Waals surface area contributed by atoms with Crippen molar-refractivity contribution >= 4 is 5.91 Å². The Kier molecular flexibility index (Phi) is 6.22. The van der Waals surface area contributed by atoms with Crippen LogP contribution < -0.4 is 0 Å². The lowest BCUT2D eigenvalue weighted by Crippen LogP contribution is -2.32. The molecular formula is C26H25N3O2. The summed E-state index contributed by atoms with van der Waals surface area (Å²) in [4.78, 5) is 14.8. The van der Waals surface area contributed by atoms with Crippen LogP contribution in [0.4, 0.5) is 0 Å². The fourth-order valence-corrected chi connectivity index (χ4v) is 3.51. The molecule has 4 rings (SSSR count). The minimum Gasteiger partial charge on any atom is -0.416 e. The van der Waals surface area contributed by atoms with Crippen LogP contribution in [0.15, 0.2) is 83.3 Å². The zero-order valence-corrected chi connectivity index (χ0v) is 17.8. The van der Waals surface area contributed by atoms with Gasteiger partial charge in [0, 0.05) is 29.8 Å². The Morgan fingerprint density at radius 2 is 1.55 bits per heavy atom. The summed E-state index contributed by atoms with van der Waals surface area (Å²) < 4.78 is 5.88. The molecule has 31 heavy (non-hydrogen) atoms. The number of benzene rings is 3. The van der Waals surface area contributed by atoms with E-state index in [4.69, 9.17) is 4.42 Å². The third-order valence-electron chi connectivity index (χ3n) is 5.36. The van der Waals surface area contributed by atoms with Gasteiger partial charge in [-0.2, -0.15) is 0 Å². The summed E-state index contributed by atoms with van der Waals surface area (Å²) in [5.74, 6) is 0.955. The molecule has 0 saturated carbocycles. The van der Waals surface area contributed by atoms with Gasteiger partial charge in [-0.3, -0.25) is 4.79 Å². The maximum absolute atomic E-state index is 12.9. The predicted molar refractivity (Wildman–Crippen MR) is 122 cm³/mol. The van der Waals surface area contributed by atoms with Gasteiger partial charge in [0.2, 0.25) is 11.8 Å². The van der Waals surface area contributed by atoms with Crippen molar-refractivity contribution < 1.29 is 9.21 Å². The van der Waals surface area contributed by atoms with Gasteiger partial charge in [-0.1, -0.05) is 48.5 Å². The largest absolute Gasteiger partial charge is 0.416 e. The van der Waals surface area contributed by atoms with Gasteiger partial charge < -0.3 is 9.32 Å². The van der Waals surface area contributed by atoms with Crippen LogP contribution in [0.3, 0.4) is 0 Å². The molecule has 0 N–H and O–H groups in total. The molecule has 0 fully saturated rings. The average Bonchev–Trinajstić information content (AvgIpc) is 3.30. The van der Waals surface area contributed by atoms with Crippen LogP contribution in [-0.2, 0) is 6.42 Å². The molecular weight excluding hydrogens is 386 g/mol. The number of likely N-dealkylation sites (N-methyl/N-ethyl adjacent to an activating group) is 1. The molecule has 1 amide bonds. The number of nitrogens with zero attached hydrogens (tertiary/aromatic N) is 3. The van der Waals surface area contributed by atoms with Crippen molar-refractivity contribution in [1.29, 1.82) is 0 Å². The lowest BCUT2D eigenvalue weighted by atomic mass is 10.1. The van der Waals surface area contributed by atoms with Crippen LogP contribution in [0.5, 0.6) is 0 Å². The molecule has 0 aliphatic carbocycles. The number of amides is 1. The third kappa shape index (κ3) is 4.72. The second kappa shape index (κ2) is 9.39. The molecule has 5 heteroatoms. The quantitative estimate of drug-likeness (QED) is 0.408. The lowest BCUT2D eigenvalue weighted by Gasteiger charge is -2.21. The van der Waals surface area contributed by atoms with Crippen molar-refractivity contribution in [3.63, 3.8) is 0 Å². The number of hydrogen-bond donors (Lipinski definition) is 0. The fraction of sp³-hybridized carbons (Fsp3) is 0.192. The first-order valence-electron chi connectivity index (χ1n) is 10.5. The summed E-state index contributed by atoms with van der Waals surface area (Å²) in [5, 5.41) is 8.36. The minimum atomic E-state index is 0.0242. The van der Waals surface area contributed by atoms with E-state index in [2.05, 4.69) is 22.3 Å². The van der Waals surface area contributed by atoms with E-state index in [-0.39, 0.29) is 5.91 Å². The highest BCUT2D eigenvalue weighted by molar-refractivity contribution is 5.94. The molecule has 1 heterocycles. The van der Waals surface area contributed by atoms with Crippen LogP contribution in [0.25, 0.3) is 22.9 Å². The van der Waals surface area contributed by atoms with Crippen molar-refractivity contribution in [3.05, 3.63) is 95.6 Å². The first-order valence-corrected chi connectivity index (χ1v) is 10.5. The summed E-state index contributed by atoms with van der Waals surface area (Å²) >= 11 is 0. The molecule has 0 spiro atoms. The summed E-state index contributed by atoms with van der Waals surface area (Å²) in [6, 6.07) is 25.5. The Hall–Kier alpha value is -3.73. The van der Waals surface area contributed by atoms with Crippen LogP contribution >= 0.6 is 0 Å². The molecule has 3 aromatic carbocycles. The number of carbonyl (C=O) groups is 1.